The fourth-order valence-corrected chi connectivity index (χ4v) is 5.31. The lowest BCUT2D eigenvalue weighted by atomic mass is 9.85. The van der Waals surface area contributed by atoms with Crippen molar-refractivity contribution in [3.05, 3.63) is 29.3 Å². The molecule has 1 aliphatic carbocycles. The van der Waals surface area contributed by atoms with Gasteiger partial charge in [-0.25, -0.2) is 0 Å². The van der Waals surface area contributed by atoms with Gasteiger partial charge in [-0.15, -0.1) is 11.8 Å². The van der Waals surface area contributed by atoms with Crippen LogP contribution >= 0.6 is 27.7 Å². The monoisotopic (exact) mass is 340 g/mol. The molecule has 0 aliphatic heterocycles. The SMILES string of the molecule is Cc1ccc(SCC2(CBr)CCCCCC2)c(C)c1. The van der Waals surface area contributed by atoms with Gasteiger partial charge >= 0.3 is 0 Å². The van der Waals surface area contributed by atoms with Crippen molar-refractivity contribution in [2.75, 3.05) is 11.1 Å². The Labute approximate surface area is 130 Å². The van der Waals surface area contributed by atoms with Crippen molar-refractivity contribution < 1.29 is 0 Å². The summed E-state index contributed by atoms with van der Waals surface area (Å²) < 4.78 is 0. The van der Waals surface area contributed by atoms with Gasteiger partial charge in [0.2, 0.25) is 0 Å². The summed E-state index contributed by atoms with van der Waals surface area (Å²) in [7, 11) is 0. The minimum atomic E-state index is 0.526. The highest BCUT2D eigenvalue weighted by molar-refractivity contribution is 9.09. The molecule has 0 spiro atoms. The Morgan fingerprint density at radius 1 is 1.11 bits per heavy atom. The molecule has 0 N–H and O–H groups in total. The molecule has 1 aromatic rings. The predicted molar refractivity (Wildman–Crippen MR) is 90.6 cm³/mol. The van der Waals surface area contributed by atoms with Crippen LogP contribution in [0.4, 0.5) is 0 Å². The number of alkyl halides is 1. The molecule has 0 radical (unpaired) electrons. The van der Waals surface area contributed by atoms with Crippen molar-refractivity contribution in [2.45, 2.75) is 57.3 Å². The Bertz CT molecular complexity index is 406. The summed E-state index contributed by atoms with van der Waals surface area (Å²) >= 11 is 5.86. The van der Waals surface area contributed by atoms with Crippen LogP contribution < -0.4 is 0 Å². The molecule has 0 saturated heterocycles. The average molecular weight is 341 g/mol. The topological polar surface area (TPSA) is 0 Å². The van der Waals surface area contributed by atoms with Gasteiger partial charge in [-0.1, -0.05) is 59.3 Å². The number of rotatable bonds is 4. The van der Waals surface area contributed by atoms with Crippen molar-refractivity contribution in [1.29, 1.82) is 0 Å². The molecule has 2 rings (SSSR count). The molecule has 1 aromatic carbocycles. The highest BCUT2D eigenvalue weighted by atomic mass is 79.9. The maximum atomic E-state index is 3.79. The Kier molecular flexibility index (Phi) is 5.83. The minimum absolute atomic E-state index is 0.526. The highest BCUT2D eigenvalue weighted by Gasteiger charge is 2.29. The van der Waals surface area contributed by atoms with Crippen LogP contribution in [0.15, 0.2) is 23.1 Å². The fraction of sp³-hybridized carbons (Fsp3) is 0.647. The van der Waals surface area contributed by atoms with E-state index >= 15 is 0 Å². The van der Waals surface area contributed by atoms with E-state index in [1.165, 1.54) is 60.3 Å². The molecule has 0 heterocycles. The lowest BCUT2D eigenvalue weighted by molar-refractivity contribution is 0.334. The lowest BCUT2D eigenvalue weighted by Gasteiger charge is -2.30. The van der Waals surface area contributed by atoms with Gasteiger partial charge in [0.1, 0.15) is 0 Å². The van der Waals surface area contributed by atoms with Gasteiger partial charge in [-0.05, 0) is 43.7 Å². The van der Waals surface area contributed by atoms with E-state index < -0.39 is 0 Å². The van der Waals surface area contributed by atoms with E-state index in [-0.39, 0.29) is 0 Å². The van der Waals surface area contributed by atoms with Gasteiger partial charge in [0.25, 0.3) is 0 Å². The van der Waals surface area contributed by atoms with E-state index in [1.54, 1.807) is 0 Å². The van der Waals surface area contributed by atoms with Crippen LogP contribution in [0, 0.1) is 19.3 Å². The van der Waals surface area contributed by atoms with Crippen molar-refractivity contribution in [3.63, 3.8) is 0 Å². The van der Waals surface area contributed by atoms with Crippen LogP contribution in [0.2, 0.25) is 0 Å². The van der Waals surface area contributed by atoms with Crippen molar-refractivity contribution in [2.24, 2.45) is 5.41 Å². The third-order valence-corrected chi connectivity index (χ3v) is 7.03. The second-order valence-corrected chi connectivity index (χ2v) is 7.68. The zero-order valence-corrected chi connectivity index (χ0v) is 14.6. The molecule has 0 amide bonds. The summed E-state index contributed by atoms with van der Waals surface area (Å²) in [6, 6.07) is 6.84. The molecule has 19 heavy (non-hydrogen) atoms. The number of hydrogen-bond acceptors (Lipinski definition) is 1. The highest BCUT2D eigenvalue weighted by Crippen LogP contribution is 2.41. The second-order valence-electron chi connectivity index (χ2n) is 6.11. The van der Waals surface area contributed by atoms with Crippen LogP contribution in [0.25, 0.3) is 0 Å². The van der Waals surface area contributed by atoms with E-state index in [0.717, 1.165) is 5.33 Å². The summed E-state index contributed by atoms with van der Waals surface area (Å²) in [5.41, 5.74) is 3.33. The summed E-state index contributed by atoms with van der Waals surface area (Å²) in [4.78, 5) is 1.47. The molecule has 1 aliphatic rings. The maximum Gasteiger partial charge on any atom is 0.0102 e. The van der Waals surface area contributed by atoms with Crippen molar-refractivity contribution >= 4 is 27.7 Å². The average Bonchev–Trinajstić information content (AvgIpc) is 2.64. The van der Waals surface area contributed by atoms with Gasteiger partial charge < -0.3 is 0 Å². The molecule has 0 atom stereocenters. The Morgan fingerprint density at radius 2 is 1.79 bits per heavy atom. The zero-order chi connectivity index (χ0) is 13.7. The van der Waals surface area contributed by atoms with Crippen LogP contribution in [-0.2, 0) is 0 Å². The van der Waals surface area contributed by atoms with Gasteiger partial charge in [-0.3, -0.25) is 0 Å². The molecule has 1 saturated carbocycles. The number of aryl methyl sites for hydroxylation is 2. The molecule has 0 aromatic heterocycles. The van der Waals surface area contributed by atoms with E-state index in [9.17, 15) is 0 Å². The number of halogens is 1. The first-order valence-corrected chi connectivity index (χ1v) is 9.52. The number of benzene rings is 1. The van der Waals surface area contributed by atoms with E-state index in [4.69, 9.17) is 0 Å². The number of thioether (sulfide) groups is 1. The van der Waals surface area contributed by atoms with Gasteiger partial charge in [0.05, 0.1) is 0 Å². The lowest BCUT2D eigenvalue weighted by Crippen LogP contribution is -2.25. The third-order valence-electron chi connectivity index (χ3n) is 4.31. The Balaban J connectivity index is 2.02. The summed E-state index contributed by atoms with van der Waals surface area (Å²) in [5.74, 6) is 1.27. The minimum Gasteiger partial charge on any atom is -0.125 e. The second kappa shape index (κ2) is 7.17. The van der Waals surface area contributed by atoms with E-state index in [2.05, 4.69) is 59.7 Å². The smallest absolute Gasteiger partial charge is 0.0102 e. The molecule has 2 heteroatoms. The quantitative estimate of drug-likeness (QED) is 0.360. The first kappa shape index (κ1) is 15.4. The maximum absolute atomic E-state index is 3.79. The molecular formula is C17H25BrS. The van der Waals surface area contributed by atoms with Gasteiger partial charge in [-0.2, -0.15) is 0 Å². The van der Waals surface area contributed by atoms with E-state index in [0.29, 0.717) is 5.41 Å². The van der Waals surface area contributed by atoms with Gasteiger partial charge in [0, 0.05) is 16.0 Å². The normalized spacial score (nSPS) is 19.1. The first-order chi connectivity index (χ1) is 9.15. The molecule has 1 fully saturated rings. The summed E-state index contributed by atoms with van der Waals surface area (Å²) in [5, 5.41) is 1.16. The molecule has 0 nitrogen and oxygen atoms in total. The number of hydrogen-bond donors (Lipinski definition) is 0. The molecule has 0 bridgehead atoms. The van der Waals surface area contributed by atoms with Crippen molar-refractivity contribution in [3.8, 4) is 0 Å². The first-order valence-electron chi connectivity index (χ1n) is 7.41. The Morgan fingerprint density at radius 3 is 2.37 bits per heavy atom. The largest absolute Gasteiger partial charge is 0.125 e. The van der Waals surface area contributed by atoms with Crippen LogP contribution in [0.3, 0.4) is 0 Å². The summed E-state index contributed by atoms with van der Waals surface area (Å²) in [6.07, 6.45) is 8.50. The standard InChI is InChI=1S/C17H25BrS/c1-14-7-8-16(15(2)11-14)19-13-17(12-18)9-5-3-4-6-10-17/h7-8,11H,3-6,9-10,12-13H2,1-2H3. The van der Waals surface area contributed by atoms with E-state index in [1.807, 2.05) is 0 Å². The van der Waals surface area contributed by atoms with Gasteiger partial charge in [0.15, 0.2) is 0 Å². The molecular weight excluding hydrogens is 316 g/mol. The van der Waals surface area contributed by atoms with Crippen LogP contribution in [0.1, 0.15) is 49.7 Å². The summed E-state index contributed by atoms with van der Waals surface area (Å²) in [6.45, 7) is 4.41. The third kappa shape index (κ3) is 4.26. The molecule has 106 valence electrons. The Hall–Kier alpha value is 0.0500. The van der Waals surface area contributed by atoms with Crippen LogP contribution in [0.5, 0.6) is 0 Å². The predicted octanol–water partition coefficient (Wildman–Crippen LogP) is 6.13. The van der Waals surface area contributed by atoms with Crippen LogP contribution in [-0.4, -0.2) is 11.1 Å². The van der Waals surface area contributed by atoms with Crippen molar-refractivity contribution in [1.82, 2.24) is 0 Å². The molecule has 0 unspecified atom stereocenters. The fourth-order valence-electron chi connectivity index (χ4n) is 2.99. The zero-order valence-electron chi connectivity index (χ0n) is 12.2.